The molecule has 1 aromatic rings. The van der Waals surface area contributed by atoms with Crippen LogP contribution in [0.4, 0.5) is 0 Å². The second-order valence-electron chi connectivity index (χ2n) is 5.38. The van der Waals surface area contributed by atoms with Crippen LogP contribution in [-0.4, -0.2) is 65.2 Å². The van der Waals surface area contributed by atoms with Crippen molar-refractivity contribution in [1.82, 2.24) is 5.32 Å². The van der Waals surface area contributed by atoms with Crippen LogP contribution in [0.15, 0.2) is 22.7 Å². The minimum absolute atomic E-state index is 0.0308. The monoisotopic (exact) mass is 370 g/mol. The Balaban J connectivity index is 1.98. The highest BCUT2D eigenvalue weighted by molar-refractivity contribution is 7.13. The highest BCUT2D eigenvalue weighted by Gasteiger charge is 2.37. The molecule has 4 N–H and O–H groups in total. The second-order valence-corrected chi connectivity index (χ2v) is 6.33. The van der Waals surface area contributed by atoms with Gasteiger partial charge in [-0.2, -0.15) is 0 Å². The number of aliphatic hydroxyl groups excluding tert-OH is 1. The van der Waals surface area contributed by atoms with Gasteiger partial charge in [0.2, 0.25) is 0 Å². The first-order valence-electron chi connectivity index (χ1n) is 7.72. The van der Waals surface area contributed by atoms with Crippen LogP contribution in [0.5, 0.6) is 0 Å². The minimum Gasteiger partial charge on any atom is -0.481 e. The van der Waals surface area contributed by atoms with Crippen molar-refractivity contribution in [3.05, 3.63) is 22.4 Å². The predicted octanol–water partition coefficient (Wildman–Crippen LogP) is -0.381. The van der Waals surface area contributed by atoms with Crippen molar-refractivity contribution in [2.24, 2.45) is 5.16 Å². The Morgan fingerprint density at radius 2 is 2.28 bits per heavy atom. The molecule has 1 amide bonds. The molecule has 2 heterocycles. The summed E-state index contributed by atoms with van der Waals surface area (Å²) in [6.45, 7) is -0.281. The molecule has 2 rings (SSSR count). The van der Waals surface area contributed by atoms with Crippen molar-refractivity contribution in [2.75, 3.05) is 13.2 Å². The maximum absolute atomic E-state index is 12.5. The summed E-state index contributed by atoms with van der Waals surface area (Å²) < 4.78 is 5.24. The molecule has 136 valence electrons. The van der Waals surface area contributed by atoms with Gasteiger partial charge in [-0.3, -0.25) is 9.59 Å². The van der Waals surface area contributed by atoms with Gasteiger partial charge in [0, 0.05) is 0 Å². The van der Waals surface area contributed by atoms with Gasteiger partial charge >= 0.3 is 13.1 Å². The zero-order chi connectivity index (χ0) is 18.2. The van der Waals surface area contributed by atoms with Crippen molar-refractivity contribution >= 4 is 36.0 Å². The first kappa shape index (κ1) is 19.4. The van der Waals surface area contributed by atoms with Crippen LogP contribution in [0.3, 0.4) is 0 Å². The number of oxime groups is 1. The number of rotatable bonds is 8. The predicted molar refractivity (Wildman–Crippen MR) is 90.2 cm³/mol. The van der Waals surface area contributed by atoms with Crippen molar-refractivity contribution in [3.8, 4) is 0 Å². The van der Waals surface area contributed by atoms with E-state index in [4.69, 9.17) is 19.7 Å². The normalized spacial score (nSPS) is 21.0. The molecule has 1 saturated heterocycles. The van der Waals surface area contributed by atoms with E-state index in [-0.39, 0.29) is 25.3 Å². The van der Waals surface area contributed by atoms with Gasteiger partial charge in [0.25, 0.3) is 5.91 Å². The lowest BCUT2D eigenvalue weighted by Crippen LogP contribution is -2.54. The molecule has 0 aliphatic carbocycles. The van der Waals surface area contributed by atoms with E-state index in [2.05, 4.69) is 10.5 Å². The average molecular weight is 370 g/mol. The summed E-state index contributed by atoms with van der Waals surface area (Å²) in [5.41, 5.74) is 0.0308. The SMILES string of the molecule is O=C(O)CC1CCC(NC(=O)C(=NOCCO)c2cccs2)B(O)O1. The number of amides is 1. The number of aliphatic hydroxyl groups is 1. The quantitative estimate of drug-likeness (QED) is 0.212. The third-order valence-electron chi connectivity index (χ3n) is 3.50. The molecule has 2 atom stereocenters. The lowest BCUT2D eigenvalue weighted by Gasteiger charge is -2.30. The van der Waals surface area contributed by atoms with E-state index in [0.29, 0.717) is 17.7 Å². The van der Waals surface area contributed by atoms with Gasteiger partial charge in [-0.05, 0) is 24.3 Å². The summed E-state index contributed by atoms with van der Waals surface area (Å²) in [6, 6.07) is 3.45. The number of carbonyl (C=O) groups excluding carboxylic acids is 1. The van der Waals surface area contributed by atoms with E-state index in [1.54, 1.807) is 17.5 Å². The van der Waals surface area contributed by atoms with E-state index < -0.39 is 31.0 Å². The first-order valence-corrected chi connectivity index (χ1v) is 8.60. The molecule has 0 bridgehead atoms. The molecule has 25 heavy (non-hydrogen) atoms. The Morgan fingerprint density at radius 1 is 1.48 bits per heavy atom. The number of thiophene rings is 1. The molecule has 0 spiro atoms. The molecule has 1 aliphatic heterocycles. The van der Waals surface area contributed by atoms with Gasteiger partial charge in [-0.25, -0.2) is 0 Å². The number of aliphatic carboxylic acids is 1. The summed E-state index contributed by atoms with van der Waals surface area (Å²) in [5.74, 6) is -2.24. The van der Waals surface area contributed by atoms with E-state index in [1.165, 1.54) is 11.3 Å². The first-order chi connectivity index (χ1) is 12.0. The van der Waals surface area contributed by atoms with Crippen LogP contribution in [0, 0.1) is 0 Å². The van der Waals surface area contributed by atoms with E-state index in [0.717, 1.165) is 0 Å². The number of hydrogen-bond donors (Lipinski definition) is 4. The fraction of sp³-hybridized carbons (Fsp3) is 0.500. The average Bonchev–Trinajstić information content (AvgIpc) is 3.07. The lowest BCUT2D eigenvalue weighted by molar-refractivity contribution is -0.139. The number of carboxylic acids is 1. The van der Waals surface area contributed by atoms with Crippen LogP contribution < -0.4 is 5.32 Å². The molecule has 0 saturated carbocycles. The highest BCUT2D eigenvalue weighted by Crippen LogP contribution is 2.19. The zero-order valence-corrected chi connectivity index (χ0v) is 14.1. The molecular weight excluding hydrogens is 351 g/mol. The third kappa shape index (κ3) is 5.82. The Kier molecular flexibility index (Phi) is 7.38. The fourth-order valence-electron chi connectivity index (χ4n) is 2.36. The van der Waals surface area contributed by atoms with Gasteiger partial charge in [0.15, 0.2) is 5.71 Å². The third-order valence-corrected chi connectivity index (χ3v) is 4.38. The van der Waals surface area contributed by atoms with E-state index in [9.17, 15) is 14.6 Å². The Bertz CT molecular complexity index is 610. The topological polar surface area (TPSA) is 138 Å². The minimum atomic E-state index is -1.30. The summed E-state index contributed by atoms with van der Waals surface area (Å²) in [4.78, 5) is 28.6. The number of carboxylic acid groups (broad SMARTS) is 1. The van der Waals surface area contributed by atoms with Crippen molar-refractivity contribution in [1.29, 1.82) is 0 Å². The smallest absolute Gasteiger partial charge is 0.478 e. The Hall–Kier alpha value is -1.95. The van der Waals surface area contributed by atoms with Crippen LogP contribution in [0.2, 0.25) is 0 Å². The van der Waals surface area contributed by atoms with Crippen molar-refractivity contribution in [3.63, 3.8) is 0 Å². The molecule has 9 nitrogen and oxygen atoms in total. The largest absolute Gasteiger partial charge is 0.481 e. The molecule has 1 fully saturated rings. The van der Waals surface area contributed by atoms with Gasteiger partial charge in [-0.1, -0.05) is 11.2 Å². The second kappa shape index (κ2) is 9.52. The molecule has 0 radical (unpaired) electrons. The van der Waals surface area contributed by atoms with Crippen LogP contribution in [0.25, 0.3) is 0 Å². The molecule has 1 aliphatic rings. The van der Waals surface area contributed by atoms with Gasteiger partial charge in [-0.15, -0.1) is 11.3 Å². The fourth-order valence-corrected chi connectivity index (χ4v) is 3.06. The molecule has 1 aromatic heterocycles. The molecule has 0 aromatic carbocycles. The maximum Gasteiger partial charge on any atom is 0.478 e. The summed E-state index contributed by atoms with van der Waals surface area (Å²) >= 11 is 1.29. The summed E-state index contributed by atoms with van der Waals surface area (Å²) in [6.07, 6.45) is -0.00542. The summed E-state index contributed by atoms with van der Waals surface area (Å²) in [7, 11) is -1.30. The summed E-state index contributed by atoms with van der Waals surface area (Å²) in [5, 5.41) is 35.7. The zero-order valence-electron chi connectivity index (χ0n) is 13.3. The number of hydrogen-bond acceptors (Lipinski definition) is 8. The van der Waals surface area contributed by atoms with Crippen molar-refractivity contribution < 1.29 is 34.3 Å². The van der Waals surface area contributed by atoms with Crippen LogP contribution >= 0.6 is 11.3 Å². The molecular formula is C14H19BN2O7S. The Morgan fingerprint density at radius 3 is 2.88 bits per heavy atom. The van der Waals surface area contributed by atoms with Crippen molar-refractivity contribution in [2.45, 2.75) is 31.3 Å². The van der Waals surface area contributed by atoms with Gasteiger partial charge in [0.1, 0.15) is 6.61 Å². The maximum atomic E-state index is 12.5. The van der Waals surface area contributed by atoms with Gasteiger partial charge in [0.05, 0.1) is 30.0 Å². The van der Waals surface area contributed by atoms with Gasteiger partial charge < -0.3 is 30.0 Å². The van der Waals surface area contributed by atoms with Crippen LogP contribution in [0.1, 0.15) is 24.1 Å². The highest BCUT2D eigenvalue weighted by atomic mass is 32.1. The lowest BCUT2D eigenvalue weighted by atomic mass is 9.72. The number of nitrogens with zero attached hydrogens (tertiary/aromatic N) is 1. The van der Waals surface area contributed by atoms with Crippen LogP contribution in [-0.2, 0) is 19.1 Å². The molecule has 2 unspecified atom stereocenters. The van der Waals surface area contributed by atoms with E-state index >= 15 is 0 Å². The number of carbonyl (C=O) groups is 2. The standard InChI is InChI=1S/C14H19BN2O7S/c18-5-6-23-17-13(10-2-1-7-25-10)14(21)16-11-4-3-9(8-12(19)20)24-15(11)22/h1-2,7,9,11,18,22H,3-6,8H2,(H,16,21)(H,19,20). The Labute approximate surface area is 148 Å². The molecule has 11 heteroatoms. The van der Waals surface area contributed by atoms with E-state index in [1.807, 2.05) is 0 Å². The number of nitrogens with one attached hydrogen (secondary N) is 1.